The molecule has 1 N–H and O–H groups in total. The molecule has 1 aromatic rings. The predicted molar refractivity (Wildman–Crippen MR) is 55.2 cm³/mol. The SMILES string of the molecule is Cc1cc(C(C)CC2CCNC2)no1. The lowest BCUT2D eigenvalue weighted by molar-refractivity contribution is 0.378. The fourth-order valence-corrected chi connectivity index (χ4v) is 2.15. The Morgan fingerprint density at radius 3 is 3.14 bits per heavy atom. The van der Waals surface area contributed by atoms with Crippen molar-refractivity contribution in [2.75, 3.05) is 13.1 Å². The zero-order chi connectivity index (χ0) is 9.97. The average molecular weight is 194 g/mol. The summed E-state index contributed by atoms with van der Waals surface area (Å²) in [6, 6.07) is 2.05. The van der Waals surface area contributed by atoms with Gasteiger partial charge >= 0.3 is 0 Å². The van der Waals surface area contributed by atoms with Crippen LogP contribution in [0.2, 0.25) is 0 Å². The molecule has 3 heteroatoms. The van der Waals surface area contributed by atoms with E-state index in [-0.39, 0.29) is 0 Å². The van der Waals surface area contributed by atoms with Crippen LogP contribution in [0.1, 0.15) is 37.1 Å². The normalized spacial score (nSPS) is 24.0. The van der Waals surface area contributed by atoms with Gasteiger partial charge in [-0.1, -0.05) is 12.1 Å². The molecule has 78 valence electrons. The smallest absolute Gasteiger partial charge is 0.133 e. The monoisotopic (exact) mass is 194 g/mol. The van der Waals surface area contributed by atoms with Crippen LogP contribution >= 0.6 is 0 Å². The second-order valence-electron chi connectivity index (χ2n) is 4.36. The first kappa shape index (κ1) is 9.71. The summed E-state index contributed by atoms with van der Waals surface area (Å²) in [5, 5.41) is 7.45. The van der Waals surface area contributed by atoms with Crippen molar-refractivity contribution in [1.29, 1.82) is 0 Å². The number of hydrogen-bond acceptors (Lipinski definition) is 3. The summed E-state index contributed by atoms with van der Waals surface area (Å²) >= 11 is 0. The quantitative estimate of drug-likeness (QED) is 0.800. The van der Waals surface area contributed by atoms with E-state index < -0.39 is 0 Å². The fraction of sp³-hybridized carbons (Fsp3) is 0.727. The van der Waals surface area contributed by atoms with Crippen LogP contribution in [0, 0.1) is 12.8 Å². The van der Waals surface area contributed by atoms with Gasteiger partial charge in [-0.3, -0.25) is 0 Å². The molecule has 1 fully saturated rings. The van der Waals surface area contributed by atoms with E-state index >= 15 is 0 Å². The molecule has 14 heavy (non-hydrogen) atoms. The number of aromatic nitrogens is 1. The highest BCUT2D eigenvalue weighted by Crippen LogP contribution is 2.25. The lowest BCUT2D eigenvalue weighted by Gasteiger charge is -2.12. The summed E-state index contributed by atoms with van der Waals surface area (Å²) in [5.74, 6) is 2.26. The number of hydrogen-bond donors (Lipinski definition) is 1. The average Bonchev–Trinajstić information content (AvgIpc) is 2.75. The minimum Gasteiger partial charge on any atom is -0.361 e. The Bertz CT molecular complexity index is 289. The Hall–Kier alpha value is -0.830. The Morgan fingerprint density at radius 1 is 1.71 bits per heavy atom. The molecule has 1 aliphatic rings. The molecule has 2 rings (SSSR count). The van der Waals surface area contributed by atoms with Crippen molar-refractivity contribution in [2.24, 2.45) is 5.92 Å². The molecule has 0 bridgehead atoms. The third-order valence-electron chi connectivity index (χ3n) is 3.00. The number of rotatable bonds is 3. The van der Waals surface area contributed by atoms with Gasteiger partial charge in [0.25, 0.3) is 0 Å². The molecule has 0 saturated carbocycles. The Kier molecular flexibility index (Phi) is 2.87. The maximum absolute atomic E-state index is 5.08. The standard InChI is InChI=1S/C11H18N2O/c1-8(5-10-3-4-12-7-10)11-6-9(2)14-13-11/h6,8,10,12H,3-5,7H2,1-2H3. The van der Waals surface area contributed by atoms with Crippen LogP contribution in [0.15, 0.2) is 10.6 Å². The summed E-state index contributed by atoms with van der Waals surface area (Å²) in [6.07, 6.45) is 2.53. The third-order valence-corrected chi connectivity index (χ3v) is 3.00. The number of nitrogens with zero attached hydrogens (tertiary/aromatic N) is 1. The molecular formula is C11H18N2O. The van der Waals surface area contributed by atoms with E-state index in [0.717, 1.165) is 17.4 Å². The third kappa shape index (κ3) is 2.15. The van der Waals surface area contributed by atoms with Crippen molar-refractivity contribution < 1.29 is 4.52 Å². The maximum atomic E-state index is 5.08. The molecule has 0 radical (unpaired) electrons. The van der Waals surface area contributed by atoms with E-state index in [9.17, 15) is 0 Å². The Balaban J connectivity index is 1.91. The van der Waals surface area contributed by atoms with Crippen molar-refractivity contribution in [2.45, 2.75) is 32.6 Å². The lowest BCUT2D eigenvalue weighted by atomic mass is 9.93. The zero-order valence-corrected chi connectivity index (χ0v) is 8.92. The number of aryl methyl sites for hydroxylation is 1. The van der Waals surface area contributed by atoms with Gasteiger partial charge in [0.05, 0.1) is 5.69 Å². The lowest BCUT2D eigenvalue weighted by Crippen LogP contribution is -2.11. The van der Waals surface area contributed by atoms with Crippen molar-refractivity contribution >= 4 is 0 Å². The Labute approximate surface area is 84.9 Å². The van der Waals surface area contributed by atoms with Crippen LogP contribution in [-0.2, 0) is 0 Å². The molecule has 1 saturated heterocycles. The molecule has 3 nitrogen and oxygen atoms in total. The Morgan fingerprint density at radius 2 is 2.57 bits per heavy atom. The molecular weight excluding hydrogens is 176 g/mol. The molecule has 1 aromatic heterocycles. The zero-order valence-electron chi connectivity index (χ0n) is 8.92. The second-order valence-corrected chi connectivity index (χ2v) is 4.36. The van der Waals surface area contributed by atoms with Gasteiger partial charge in [-0.2, -0.15) is 0 Å². The predicted octanol–water partition coefficient (Wildman–Crippen LogP) is 2.09. The van der Waals surface area contributed by atoms with Crippen molar-refractivity contribution in [1.82, 2.24) is 10.5 Å². The fourth-order valence-electron chi connectivity index (χ4n) is 2.15. The van der Waals surface area contributed by atoms with E-state index in [1.165, 1.54) is 25.9 Å². The minimum absolute atomic E-state index is 0.525. The second kappa shape index (κ2) is 4.13. The highest BCUT2D eigenvalue weighted by Gasteiger charge is 2.19. The van der Waals surface area contributed by atoms with Crippen molar-refractivity contribution in [3.05, 3.63) is 17.5 Å². The van der Waals surface area contributed by atoms with Gasteiger partial charge in [-0.05, 0) is 38.8 Å². The summed E-state index contributed by atoms with van der Waals surface area (Å²) in [4.78, 5) is 0. The van der Waals surface area contributed by atoms with E-state index in [1.54, 1.807) is 0 Å². The van der Waals surface area contributed by atoms with Crippen LogP contribution in [0.5, 0.6) is 0 Å². The van der Waals surface area contributed by atoms with Gasteiger partial charge in [0.15, 0.2) is 0 Å². The highest BCUT2D eigenvalue weighted by molar-refractivity contribution is 5.08. The maximum Gasteiger partial charge on any atom is 0.133 e. The molecule has 0 amide bonds. The first-order chi connectivity index (χ1) is 6.75. The van der Waals surface area contributed by atoms with Crippen LogP contribution in [0.25, 0.3) is 0 Å². The van der Waals surface area contributed by atoms with Crippen molar-refractivity contribution in [3.8, 4) is 0 Å². The molecule has 2 unspecified atom stereocenters. The molecule has 0 spiro atoms. The van der Waals surface area contributed by atoms with E-state index in [0.29, 0.717) is 5.92 Å². The van der Waals surface area contributed by atoms with Gasteiger partial charge in [0, 0.05) is 12.0 Å². The molecule has 0 aliphatic carbocycles. The van der Waals surface area contributed by atoms with E-state index in [4.69, 9.17) is 4.52 Å². The molecule has 2 atom stereocenters. The summed E-state index contributed by atoms with van der Waals surface area (Å²) in [5.41, 5.74) is 1.11. The van der Waals surface area contributed by atoms with Crippen LogP contribution < -0.4 is 5.32 Å². The summed E-state index contributed by atoms with van der Waals surface area (Å²) in [6.45, 7) is 6.52. The van der Waals surface area contributed by atoms with Gasteiger partial charge in [0.1, 0.15) is 5.76 Å². The molecule has 1 aliphatic heterocycles. The highest BCUT2D eigenvalue weighted by atomic mass is 16.5. The van der Waals surface area contributed by atoms with Gasteiger partial charge in [0.2, 0.25) is 0 Å². The summed E-state index contributed by atoms with van der Waals surface area (Å²) < 4.78 is 5.08. The van der Waals surface area contributed by atoms with Crippen molar-refractivity contribution in [3.63, 3.8) is 0 Å². The van der Waals surface area contributed by atoms with Crippen LogP contribution in [0.3, 0.4) is 0 Å². The van der Waals surface area contributed by atoms with Gasteiger partial charge < -0.3 is 9.84 Å². The number of nitrogens with one attached hydrogen (secondary N) is 1. The molecule has 0 aromatic carbocycles. The largest absolute Gasteiger partial charge is 0.361 e. The first-order valence-corrected chi connectivity index (χ1v) is 5.39. The van der Waals surface area contributed by atoms with Crippen LogP contribution in [-0.4, -0.2) is 18.2 Å². The topological polar surface area (TPSA) is 38.1 Å². The first-order valence-electron chi connectivity index (χ1n) is 5.39. The van der Waals surface area contributed by atoms with Crippen LogP contribution in [0.4, 0.5) is 0 Å². The van der Waals surface area contributed by atoms with Gasteiger partial charge in [-0.25, -0.2) is 0 Å². The molecule has 2 heterocycles. The van der Waals surface area contributed by atoms with E-state index in [1.807, 2.05) is 13.0 Å². The minimum atomic E-state index is 0.525. The summed E-state index contributed by atoms with van der Waals surface area (Å²) in [7, 11) is 0. The van der Waals surface area contributed by atoms with E-state index in [2.05, 4.69) is 17.4 Å². The van der Waals surface area contributed by atoms with Gasteiger partial charge in [-0.15, -0.1) is 0 Å².